The van der Waals surface area contributed by atoms with Gasteiger partial charge in [-0.3, -0.25) is 0 Å². The number of ether oxygens (including phenoxy) is 2. The molecule has 0 radical (unpaired) electrons. The molecule has 2 aliphatic carbocycles. The number of rotatable bonds is 8. The molecule has 2 N–H and O–H groups in total. The fourth-order valence-electron chi connectivity index (χ4n) is 2.87. The highest BCUT2D eigenvalue weighted by Gasteiger charge is 2.48. The van der Waals surface area contributed by atoms with E-state index in [1.54, 1.807) is 7.11 Å². The third-order valence-electron chi connectivity index (χ3n) is 4.51. The first-order valence-electron chi connectivity index (χ1n) is 7.83. The standard InChI is InChI=1S/C17H25NO3/c1-12-3-8-15(16(9-12)20-2)21-11-17(10-19,13-4-5-13)18-14-6-7-14/h3,8-9,13-14,18-19H,4-7,10-11H2,1-2H3. The molecule has 116 valence electrons. The highest BCUT2D eigenvalue weighted by molar-refractivity contribution is 5.42. The number of benzene rings is 1. The van der Waals surface area contributed by atoms with Crippen LogP contribution in [0, 0.1) is 12.8 Å². The summed E-state index contributed by atoms with van der Waals surface area (Å²) in [4.78, 5) is 0. The van der Waals surface area contributed by atoms with Crippen LogP contribution in [0.4, 0.5) is 0 Å². The Kier molecular flexibility index (Phi) is 4.09. The molecule has 3 rings (SSSR count). The summed E-state index contributed by atoms with van der Waals surface area (Å²) in [6.45, 7) is 2.65. The first-order chi connectivity index (χ1) is 10.2. The van der Waals surface area contributed by atoms with Gasteiger partial charge >= 0.3 is 0 Å². The molecule has 21 heavy (non-hydrogen) atoms. The van der Waals surface area contributed by atoms with Gasteiger partial charge in [0.05, 0.1) is 19.3 Å². The number of hydrogen-bond donors (Lipinski definition) is 2. The molecule has 1 atom stereocenters. The van der Waals surface area contributed by atoms with Crippen molar-refractivity contribution in [3.8, 4) is 11.5 Å². The average molecular weight is 291 g/mol. The van der Waals surface area contributed by atoms with Crippen molar-refractivity contribution in [1.29, 1.82) is 0 Å². The SMILES string of the molecule is COc1cc(C)ccc1OCC(CO)(NC1CC1)C1CC1. The molecular formula is C17H25NO3. The van der Waals surface area contributed by atoms with Crippen LogP contribution in [-0.4, -0.2) is 37.0 Å². The zero-order chi connectivity index (χ0) is 14.9. The Balaban J connectivity index is 1.71. The van der Waals surface area contributed by atoms with E-state index in [0.717, 1.165) is 17.1 Å². The van der Waals surface area contributed by atoms with Gasteiger partial charge in [-0.25, -0.2) is 0 Å². The van der Waals surface area contributed by atoms with Crippen molar-refractivity contribution >= 4 is 0 Å². The molecule has 2 aliphatic rings. The predicted molar refractivity (Wildman–Crippen MR) is 81.9 cm³/mol. The van der Waals surface area contributed by atoms with Crippen molar-refractivity contribution in [3.63, 3.8) is 0 Å². The topological polar surface area (TPSA) is 50.7 Å². The second-order valence-electron chi connectivity index (χ2n) is 6.45. The van der Waals surface area contributed by atoms with Crippen LogP contribution in [0.2, 0.25) is 0 Å². The maximum atomic E-state index is 9.94. The lowest BCUT2D eigenvalue weighted by Gasteiger charge is -2.33. The smallest absolute Gasteiger partial charge is 0.161 e. The normalized spacial score (nSPS) is 20.9. The van der Waals surface area contributed by atoms with Gasteiger partial charge in [0.2, 0.25) is 0 Å². The van der Waals surface area contributed by atoms with Crippen molar-refractivity contribution in [3.05, 3.63) is 23.8 Å². The Labute approximate surface area is 126 Å². The lowest BCUT2D eigenvalue weighted by atomic mass is 9.95. The van der Waals surface area contributed by atoms with Gasteiger partial charge in [-0.15, -0.1) is 0 Å². The number of aryl methyl sites for hydroxylation is 1. The average Bonchev–Trinajstić information content (AvgIpc) is 3.37. The van der Waals surface area contributed by atoms with E-state index in [1.165, 1.54) is 25.7 Å². The second kappa shape index (κ2) is 5.85. The number of hydrogen-bond acceptors (Lipinski definition) is 4. The van der Waals surface area contributed by atoms with Crippen molar-refractivity contribution in [1.82, 2.24) is 5.32 Å². The molecule has 1 unspecified atom stereocenters. The van der Waals surface area contributed by atoms with Gasteiger partial charge in [0, 0.05) is 6.04 Å². The summed E-state index contributed by atoms with van der Waals surface area (Å²) in [6.07, 6.45) is 4.77. The summed E-state index contributed by atoms with van der Waals surface area (Å²) in [6, 6.07) is 6.49. The minimum absolute atomic E-state index is 0.127. The molecule has 1 aromatic carbocycles. The first-order valence-corrected chi connectivity index (χ1v) is 7.83. The van der Waals surface area contributed by atoms with Gasteiger partial charge in [0.1, 0.15) is 6.61 Å². The number of methoxy groups -OCH3 is 1. The van der Waals surface area contributed by atoms with Gasteiger partial charge < -0.3 is 19.9 Å². The minimum atomic E-state index is -0.295. The van der Waals surface area contributed by atoms with Gasteiger partial charge in [0.15, 0.2) is 11.5 Å². The summed E-state index contributed by atoms with van der Waals surface area (Å²) in [5.41, 5.74) is 0.850. The van der Waals surface area contributed by atoms with E-state index >= 15 is 0 Å². The Morgan fingerprint density at radius 3 is 2.57 bits per heavy atom. The Morgan fingerprint density at radius 1 is 1.24 bits per heavy atom. The van der Waals surface area contributed by atoms with E-state index in [-0.39, 0.29) is 12.1 Å². The van der Waals surface area contributed by atoms with E-state index in [9.17, 15) is 5.11 Å². The van der Waals surface area contributed by atoms with E-state index in [0.29, 0.717) is 18.6 Å². The first kappa shape index (κ1) is 14.7. The predicted octanol–water partition coefficient (Wildman–Crippen LogP) is 2.28. The highest BCUT2D eigenvalue weighted by Crippen LogP contribution is 2.42. The van der Waals surface area contributed by atoms with Crippen LogP contribution in [0.5, 0.6) is 11.5 Å². The lowest BCUT2D eigenvalue weighted by molar-refractivity contribution is 0.0818. The van der Waals surface area contributed by atoms with Gasteiger partial charge in [-0.2, -0.15) is 0 Å². The van der Waals surface area contributed by atoms with Gasteiger partial charge in [-0.05, 0) is 56.2 Å². The van der Waals surface area contributed by atoms with E-state index in [4.69, 9.17) is 9.47 Å². The molecule has 2 saturated carbocycles. The number of aliphatic hydroxyl groups excluding tert-OH is 1. The molecule has 0 heterocycles. The molecule has 1 aromatic rings. The van der Waals surface area contributed by atoms with Crippen molar-refractivity contribution in [2.75, 3.05) is 20.3 Å². The Bertz CT molecular complexity index is 497. The lowest BCUT2D eigenvalue weighted by Crippen LogP contribution is -2.56. The summed E-state index contributed by atoms with van der Waals surface area (Å²) >= 11 is 0. The number of nitrogens with one attached hydrogen (secondary N) is 1. The molecule has 0 bridgehead atoms. The zero-order valence-electron chi connectivity index (χ0n) is 12.9. The molecule has 2 fully saturated rings. The minimum Gasteiger partial charge on any atom is -0.493 e. The molecule has 0 aliphatic heterocycles. The van der Waals surface area contributed by atoms with Crippen LogP contribution in [-0.2, 0) is 0 Å². The van der Waals surface area contributed by atoms with Crippen LogP contribution in [0.3, 0.4) is 0 Å². The molecule has 0 aromatic heterocycles. The summed E-state index contributed by atoms with van der Waals surface area (Å²) in [7, 11) is 1.66. The Hall–Kier alpha value is -1.26. The second-order valence-corrected chi connectivity index (χ2v) is 6.45. The summed E-state index contributed by atoms with van der Waals surface area (Å²) in [5.74, 6) is 2.03. The maximum absolute atomic E-state index is 9.94. The van der Waals surface area contributed by atoms with Gasteiger partial charge in [0.25, 0.3) is 0 Å². The van der Waals surface area contributed by atoms with Crippen LogP contribution in [0.25, 0.3) is 0 Å². The van der Waals surface area contributed by atoms with Crippen molar-refractivity contribution in [2.24, 2.45) is 5.92 Å². The van der Waals surface area contributed by atoms with E-state index < -0.39 is 0 Å². The highest BCUT2D eigenvalue weighted by atomic mass is 16.5. The largest absolute Gasteiger partial charge is 0.493 e. The fraction of sp³-hybridized carbons (Fsp3) is 0.647. The maximum Gasteiger partial charge on any atom is 0.161 e. The monoisotopic (exact) mass is 291 g/mol. The third-order valence-corrected chi connectivity index (χ3v) is 4.51. The quantitative estimate of drug-likeness (QED) is 0.771. The molecular weight excluding hydrogens is 266 g/mol. The molecule has 0 spiro atoms. The molecule has 4 heteroatoms. The molecule has 0 saturated heterocycles. The third kappa shape index (κ3) is 3.33. The Morgan fingerprint density at radius 2 is 2.00 bits per heavy atom. The molecule has 4 nitrogen and oxygen atoms in total. The van der Waals surface area contributed by atoms with Crippen LogP contribution < -0.4 is 14.8 Å². The molecule has 0 amide bonds. The van der Waals surface area contributed by atoms with Crippen LogP contribution >= 0.6 is 0 Å². The van der Waals surface area contributed by atoms with Crippen molar-refractivity contribution < 1.29 is 14.6 Å². The van der Waals surface area contributed by atoms with E-state index in [2.05, 4.69) is 5.32 Å². The van der Waals surface area contributed by atoms with E-state index in [1.807, 2.05) is 25.1 Å². The number of aliphatic hydroxyl groups is 1. The zero-order valence-corrected chi connectivity index (χ0v) is 12.9. The summed E-state index contributed by atoms with van der Waals surface area (Å²) in [5, 5.41) is 13.6. The van der Waals surface area contributed by atoms with Crippen LogP contribution in [0.1, 0.15) is 31.2 Å². The van der Waals surface area contributed by atoms with Gasteiger partial charge in [-0.1, -0.05) is 6.07 Å². The van der Waals surface area contributed by atoms with Crippen molar-refractivity contribution in [2.45, 2.75) is 44.2 Å². The summed E-state index contributed by atoms with van der Waals surface area (Å²) < 4.78 is 11.4. The van der Waals surface area contributed by atoms with Crippen LogP contribution in [0.15, 0.2) is 18.2 Å². The fourth-order valence-corrected chi connectivity index (χ4v) is 2.87.